The van der Waals surface area contributed by atoms with Crippen molar-refractivity contribution in [2.75, 3.05) is 19.7 Å². The molecule has 4 N–H and O–H groups in total. The Morgan fingerprint density at radius 3 is 2.88 bits per heavy atom. The molecule has 0 radical (unpaired) electrons. The molecule has 1 aromatic rings. The summed E-state index contributed by atoms with van der Waals surface area (Å²) in [6.45, 7) is 1.88. The van der Waals surface area contributed by atoms with E-state index in [1.54, 1.807) is 0 Å². The molecule has 0 spiro atoms. The van der Waals surface area contributed by atoms with Crippen LogP contribution in [0.15, 0.2) is 6.20 Å². The van der Waals surface area contributed by atoms with Gasteiger partial charge in [-0.1, -0.05) is 5.21 Å². The zero-order valence-corrected chi connectivity index (χ0v) is 14.1. The molecule has 26 heavy (non-hydrogen) atoms. The van der Waals surface area contributed by atoms with Crippen molar-refractivity contribution in [3.8, 4) is 0 Å². The monoisotopic (exact) mass is 371 g/mol. The van der Waals surface area contributed by atoms with Gasteiger partial charge in [-0.15, -0.1) is 5.10 Å². The highest BCUT2D eigenvalue weighted by Gasteiger charge is 2.39. The van der Waals surface area contributed by atoms with Crippen molar-refractivity contribution in [1.29, 1.82) is 0 Å². The molecule has 2 aliphatic heterocycles. The van der Waals surface area contributed by atoms with E-state index in [0.717, 1.165) is 0 Å². The molecule has 0 aliphatic carbocycles. The van der Waals surface area contributed by atoms with Crippen molar-refractivity contribution < 1.29 is 34.4 Å². The third-order valence-corrected chi connectivity index (χ3v) is 4.17. The average molecular weight is 371 g/mol. The second kappa shape index (κ2) is 7.53. The first-order valence-corrected chi connectivity index (χ1v) is 8.11. The molecule has 12 nitrogen and oxygen atoms in total. The van der Waals surface area contributed by atoms with Crippen LogP contribution in [0.25, 0.3) is 0 Å². The largest absolute Gasteiger partial charge is 0.442 e. The molecule has 5 atom stereocenters. The Kier molecular flexibility index (Phi) is 5.36. The lowest BCUT2D eigenvalue weighted by molar-refractivity contribution is -0.214. The van der Waals surface area contributed by atoms with Crippen LogP contribution in [0.3, 0.4) is 0 Å². The maximum absolute atomic E-state index is 11.9. The summed E-state index contributed by atoms with van der Waals surface area (Å²) < 4.78 is 11.7. The molecule has 0 saturated carbocycles. The summed E-state index contributed by atoms with van der Waals surface area (Å²) in [4.78, 5) is 24.2. The minimum absolute atomic E-state index is 0.128. The quantitative estimate of drug-likeness (QED) is 0.433. The van der Waals surface area contributed by atoms with Gasteiger partial charge < -0.3 is 30.1 Å². The molecule has 3 rings (SSSR count). The third-order valence-electron chi connectivity index (χ3n) is 4.17. The van der Waals surface area contributed by atoms with Gasteiger partial charge in [-0.25, -0.2) is 9.48 Å². The number of aliphatic hydroxyl groups is 3. The summed E-state index contributed by atoms with van der Waals surface area (Å²) >= 11 is 0. The van der Waals surface area contributed by atoms with E-state index in [1.165, 1.54) is 22.7 Å². The molecule has 2 aliphatic rings. The summed E-state index contributed by atoms with van der Waals surface area (Å²) in [6, 6.07) is 0. The zero-order chi connectivity index (χ0) is 18.8. The molecule has 1 unspecified atom stereocenters. The molecule has 144 valence electrons. The van der Waals surface area contributed by atoms with Gasteiger partial charge in [0.25, 0.3) is 0 Å². The highest BCUT2D eigenvalue weighted by atomic mass is 16.6. The van der Waals surface area contributed by atoms with Gasteiger partial charge in [0.1, 0.15) is 30.1 Å². The van der Waals surface area contributed by atoms with Crippen LogP contribution >= 0.6 is 0 Å². The van der Waals surface area contributed by atoms with Crippen LogP contribution in [0.5, 0.6) is 0 Å². The molecule has 3 heterocycles. The minimum atomic E-state index is -1.37. The van der Waals surface area contributed by atoms with E-state index in [2.05, 4.69) is 15.6 Å². The second-order valence-electron chi connectivity index (χ2n) is 6.29. The number of carbonyl (C=O) groups excluding carboxylic acids is 2. The fourth-order valence-electron chi connectivity index (χ4n) is 2.80. The minimum Gasteiger partial charge on any atom is -0.442 e. The molecule has 2 fully saturated rings. The van der Waals surface area contributed by atoms with E-state index in [-0.39, 0.29) is 25.6 Å². The van der Waals surface area contributed by atoms with E-state index in [1.807, 2.05) is 0 Å². The number of aliphatic hydroxyl groups excluding tert-OH is 3. The SMILES string of the molecule is CC(=O)NCC1CN(Cc2cn([C@H]3OC[C@@H](O)[C@H](O)[C@H]3O)nn2)C(=O)O1. The standard InChI is InChI=1S/C14H21N5O7/c1-7(20)15-2-9-5-18(14(24)26-9)3-8-4-19(17-16-8)13-12(23)11(22)10(21)6-25-13/h4,9-13,21-23H,2-3,5-6H2,1H3,(H,15,20)/t9?,10-,11+,12-,13+/m1/s1. The molecule has 2 saturated heterocycles. The lowest BCUT2D eigenvalue weighted by Gasteiger charge is -2.34. The molecular formula is C14H21N5O7. The summed E-state index contributed by atoms with van der Waals surface area (Å²) in [7, 11) is 0. The van der Waals surface area contributed by atoms with E-state index < -0.39 is 36.7 Å². The number of aromatic nitrogens is 3. The lowest BCUT2D eigenvalue weighted by Crippen LogP contribution is -2.50. The van der Waals surface area contributed by atoms with Gasteiger partial charge in [-0.2, -0.15) is 0 Å². The second-order valence-corrected chi connectivity index (χ2v) is 6.29. The van der Waals surface area contributed by atoms with Gasteiger partial charge in [-0.3, -0.25) is 9.69 Å². The number of cyclic esters (lactones) is 1. The maximum atomic E-state index is 11.9. The van der Waals surface area contributed by atoms with Crippen LogP contribution in [0, 0.1) is 0 Å². The van der Waals surface area contributed by atoms with Gasteiger partial charge in [0.2, 0.25) is 5.91 Å². The van der Waals surface area contributed by atoms with Crippen molar-refractivity contribution in [2.24, 2.45) is 0 Å². The fraction of sp³-hybridized carbons (Fsp3) is 0.714. The van der Waals surface area contributed by atoms with E-state index in [9.17, 15) is 24.9 Å². The van der Waals surface area contributed by atoms with E-state index in [4.69, 9.17) is 9.47 Å². The van der Waals surface area contributed by atoms with E-state index >= 15 is 0 Å². The zero-order valence-electron chi connectivity index (χ0n) is 14.1. The summed E-state index contributed by atoms with van der Waals surface area (Å²) in [5.41, 5.74) is 0.429. The van der Waals surface area contributed by atoms with Crippen molar-refractivity contribution in [1.82, 2.24) is 25.2 Å². The predicted octanol–water partition coefficient (Wildman–Crippen LogP) is -2.65. The first-order chi connectivity index (χ1) is 12.3. The Morgan fingerprint density at radius 1 is 1.38 bits per heavy atom. The topological polar surface area (TPSA) is 159 Å². The van der Waals surface area contributed by atoms with Crippen LogP contribution in [0.1, 0.15) is 18.8 Å². The number of amides is 2. The normalized spacial score (nSPS) is 31.8. The van der Waals surface area contributed by atoms with Crippen molar-refractivity contribution >= 4 is 12.0 Å². The van der Waals surface area contributed by atoms with Gasteiger partial charge >= 0.3 is 6.09 Å². The van der Waals surface area contributed by atoms with Gasteiger partial charge in [0.15, 0.2) is 6.23 Å². The van der Waals surface area contributed by atoms with Crippen molar-refractivity contribution in [3.05, 3.63) is 11.9 Å². The molecule has 2 amide bonds. The smallest absolute Gasteiger partial charge is 0.410 e. The highest BCUT2D eigenvalue weighted by molar-refractivity contribution is 5.73. The molecule has 0 aromatic carbocycles. The number of carbonyl (C=O) groups is 2. The number of nitrogens with one attached hydrogen (secondary N) is 1. The Balaban J connectivity index is 1.59. The van der Waals surface area contributed by atoms with Gasteiger partial charge in [0.05, 0.1) is 32.4 Å². The number of hydrogen-bond donors (Lipinski definition) is 4. The first kappa shape index (κ1) is 18.5. The summed E-state index contributed by atoms with van der Waals surface area (Å²) in [6.07, 6.45) is -4.38. The average Bonchev–Trinajstić information content (AvgIpc) is 3.18. The van der Waals surface area contributed by atoms with Crippen LogP contribution in [-0.4, -0.2) is 91.3 Å². The van der Waals surface area contributed by atoms with Crippen molar-refractivity contribution in [3.63, 3.8) is 0 Å². The van der Waals surface area contributed by atoms with Crippen LogP contribution < -0.4 is 5.32 Å². The molecular weight excluding hydrogens is 350 g/mol. The number of nitrogens with zero attached hydrogens (tertiary/aromatic N) is 4. The molecule has 0 bridgehead atoms. The Bertz CT molecular complexity index is 668. The number of ether oxygens (including phenoxy) is 2. The number of rotatable bonds is 5. The highest BCUT2D eigenvalue weighted by Crippen LogP contribution is 2.24. The predicted molar refractivity (Wildman–Crippen MR) is 82.4 cm³/mol. The summed E-state index contributed by atoms with van der Waals surface area (Å²) in [5, 5.41) is 39.6. The van der Waals surface area contributed by atoms with Crippen molar-refractivity contribution in [2.45, 2.75) is 44.1 Å². The molecule has 12 heteroatoms. The number of hydrogen-bond acceptors (Lipinski definition) is 9. The Labute approximate surface area is 148 Å². The molecule has 1 aromatic heterocycles. The third kappa shape index (κ3) is 3.93. The van der Waals surface area contributed by atoms with Gasteiger partial charge in [0, 0.05) is 6.92 Å². The van der Waals surface area contributed by atoms with Crippen LogP contribution in [0.2, 0.25) is 0 Å². The first-order valence-electron chi connectivity index (χ1n) is 8.11. The fourth-order valence-corrected chi connectivity index (χ4v) is 2.80. The van der Waals surface area contributed by atoms with Crippen LogP contribution in [-0.2, 0) is 20.8 Å². The van der Waals surface area contributed by atoms with E-state index in [0.29, 0.717) is 12.2 Å². The van der Waals surface area contributed by atoms with Gasteiger partial charge in [-0.05, 0) is 0 Å². The maximum Gasteiger partial charge on any atom is 0.410 e. The lowest BCUT2D eigenvalue weighted by atomic mass is 10.0. The van der Waals surface area contributed by atoms with Crippen LogP contribution in [0.4, 0.5) is 4.79 Å². The summed E-state index contributed by atoms with van der Waals surface area (Å²) in [5.74, 6) is -0.208. The Morgan fingerprint density at radius 2 is 2.15 bits per heavy atom. The Hall–Kier alpha value is -2.28.